The molecule has 0 amide bonds. The van der Waals surface area contributed by atoms with E-state index in [2.05, 4.69) is 0 Å². The van der Waals surface area contributed by atoms with Gasteiger partial charge in [0.15, 0.2) is 9.84 Å². The molecule has 1 atom stereocenters. The number of carbonyl (C=O) groups excluding carboxylic acids is 2. The Morgan fingerprint density at radius 2 is 2.11 bits per heavy atom. The molecule has 27 heavy (non-hydrogen) atoms. The summed E-state index contributed by atoms with van der Waals surface area (Å²) in [6, 6.07) is 4.95. The van der Waals surface area contributed by atoms with Gasteiger partial charge in [0.25, 0.3) is 0 Å². The highest BCUT2D eigenvalue weighted by atomic mass is 32.2. The van der Waals surface area contributed by atoms with E-state index in [-0.39, 0.29) is 41.7 Å². The summed E-state index contributed by atoms with van der Waals surface area (Å²) in [6.45, 7) is 1.76. The maximum absolute atomic E-state index is 12.3. The van der Waals surface area contributed by atoms with Crippen LogP contribution in [-0.2, 0) is 25.8 Å². The number of hydrogen-bond acceptors (Lipinski definition) is 7. The van der Waals surface area contributed by atoms with Gasteiger partial charge < -0.3 is 14.4 Å². The molecule has 148 valence electrons. The van der Waals surface area contributed by atoms with Crippen LogP contribution in [0.3, 0.4) is 0 Å². The van der Waals surface area contributed by atoms with Crippen molar-refractivity contribution in [1.29, 1.82) is 0 Å². The van der Waals surface area contributed by atoms with Crippen LogP contribution in [0, 0.1) is 0 Å². The van der Waals surface area contributed by atoms with E-state index in [0.717, 1.165) is 19.1 Å². The zero-order valence-electron chi connectivity index (χ0n) is 15.6. The molecular formula is C18H25BO7S. The van der Waals surface area contributed by atoms with Crippen molar-refractivity contribution >= 4 is 28.7 Å². The van der Waals surface area contributed by atoms with Crippen LogP contribution in [0.5, 0.6) is 5.75 Å². The molecule has 7 nitrogen and oxygen atoms in total. The van der Waals surface area contributed by atoms with Crippen LogP contribution in [0.1, 0.15) is 48.5 Å². The zero-order valence-corrected chi connectivity index (χ0v) is 16.5. The molecule has 0 saturated heterocycles. The number of esters is 1. The number of ether oxygens (including phenoxy) is 1. The Hall–Kier alpha value is -1.87. The summed E-state index contributed by atoms with van der Waals surface area (Å²) in [5.41, 5.74) is 0.849. The number of para-hydroxylation sites is 1. The molecule has 0 radical (unpaired) electrons. The van der Waals surface area contributed by atoms with Crippen molar-refractivity contribution in [2.75, 3.05) is 18.6 Å². The van der Waals surface area contributed by atoms with Crippen LogP contribution in [0.2, 0.25) is 5.82 Å². The van der Waals surface area contributed by atoms with E-state index < -0.39 is 22.9 Å². The minimum Gasteiger partial charge on any atom is -0.535 e. The molecular weight excluding hydrogens is 371 g/mol. The van der Waals surface area contributed by atoms with Gasteiger partial charge in [-0.05, 0) is 24.5 Å². The summed E-state index contributed by atoms with van der Waals surface area (Å²) in [4.78, 5) is 24.3. The van der Waals surface area contributed by atoms with Crippen molar-refractivity contribution in [2.45, 2.75) is 44.8 Å². The van der Waals surface area contributed by atoms with Gasteiger partial charge in [0, 0.05) is 24.9 Å². The second-order valence-electron chi connectivity index (χ2n) is 6.88. The molecule has 0 unspecified atom stereocenters. The number of fused-ring (bicyclic) bond motifs is 1. The van der Waals surface area contributed by atoms with Gasteiger partial charge in [-0.1, -0.05) is 25.5 Å². The van der Waals surface area contributed by atoms with E-state index in [0.29, 0.717) is 18.4 Å². The van der Waals surface area contributed by atoms with Crippen LogP contribution in [0.15, 0.2) is 18.2 Å². The maximum Gasteiger partial charge on any atom is 0.526 e. The van der Waals surface area contributed by atoms with Crippen molar-refractivity contribution in [1.82, 2.24) is 0 Å². The third-order valence-corrected chi connectivity index (χ3v) is 5.34. The highest BCUT2D eigenvalue weighted by Crippen LogP contribution is 2.36. The van der Waals surface area contributed by atoms with Crippen molar-refractivity contribution in [3.05, 3.63) is 29.3 Å². The van der Waals surface area contributed by atoms with E-state index in [1.54, 1.807) is 12.1 Å². The zero-order chi connectivity index (χ0) is 20.0. The van der Waals surface area contributed by atoms with E-state index >= 15 is 0 Å². The lowest BCUT2D eigenvalue weighted by molar-refractivity contribution is -0.119. The third-order valence-electron chi connectivity index (χ3n) is 4.43. The third kappa shape index (κ3) is 6.36. The van der Waals surface area contributed by atoms with Crippen LogP contribution >= 0.6 is 0 Å². The average molecular weight is 396 g/mol. The molecule has 0 aliphatic carbocycles. The number of unbranched alkanes of at least 4 members (excludes halogenated alkanes) is 1. The molecule has 1 N–H and O–H groups in total. The second kappa shape index (κ2) is 9.37. The Morgan fingerprint density at radius 1 is 1.37 bits per heavy atom. The number of ketones is 1. The first-order valence-corrected chi connectivity index (χ1v) is 11.1. The van der Waals surface area contributed by atoms with E-state index in [4.69, 9.17) is 9.39 Å². The van der Waals surface area contributed by atoms with Gasteiger partial charge in [-0.3, -0.25) is 4.79 Å². The number of benzene rings is 1. The molecule has 1 heterocycles. The largest absolute Gasteiger partial charge is 0.535 e. The molecule has 1 aromatic carbocycles. The molecule has 0 saturated carbocycles. The quantitative estimate of drug-likeness (QED) is 0.501. The number of sulfone groups is 1. The summed E-state index contributed by atoms with van der Waals surface area (Å²) >= 11 is 0. The summed E-state index contributed by atoms with van der Waals surface area (Å²) in [6.07, 6.45) is 3.94. The fraction of sp³-hybridized carbons (Fsp3) is 0.556. The molecule has 9 heteroatoms. The SMILES string of the molecule is CCCCC(=O)C[C@H]1Cc2cccc(C(=O)OCCS(C)(=O)=O)c2OB1O. The minimum atomic E-state index is -3.23. The second-order valence-corrected chi connectivity index (χ2v) is 9.14. The Labute approximate surface area is 160 Å². The molecule has 2 rings (SSSR count). The van der Waals surface area contributed by atoms with Crippen molar-refractivity contribution in [3.63, 3.8) is 0 Å². The van der Waals surface area contributed by atoms with Gasteiger partial charge in [0.05, 0.1) is 5.75 Å². The number of hydrogen-bond donors (Lipinski definition) is 1. The van der Waals surface area contributed by atoms with Crippen LogP contribution in [0.25, 0.3) is 0 Å². The lowest BCUT2D eigenvalue weighted by atomic mass is 9.64. The summed E-state index contributed by atoms with van der Waals surface area (Å²) in [5.74, 6) is -1.02. The molecule has 0 aromatic heterocycles. The van der Waals surface area contributed by atoms with Gasteiger partial charge in [-0.2, -0.15) is 0 Å². The van der Waals surface area contributed by atoms with Crippen LogP contribution < -0.4 is 4.65 Å². The Kier molecular flexibility index (Phi) is 7.44. The van der Waals surface area contributed by atoms with Gasteiger partial charge in [-0.15, -0.1) is 0 Å². The van der Waals surface area contributed by atoms with Crippen LogP contribution in [-0.4, -0.2) is 50.9 Å². The maximum atomic E-state index is 12.3. The molecule has 0 spiro atoms. The fourth-order valence-corrected chi connectivity index (χ4v) is 3.34. The molecule has 1 aliphatic heterocycles. The fourth-order valence-electron chi connectivity index (χ4n) is 2.95. The van der Waals surface area contributed by atoms with E-state index in [1.165, 1.54) is 6.07 Å². The summed E-state index contributed by atoms with van der Waals surface area (Å²) in [7, 11) is -4.42. The topological polar surface area (TPSA) is 107 Å². The normalized spacial score (nSPS) is 16.4. The molecule has 1 aliphatic rings. The summed E-state index contributed by atoms with van der Waals surface area (Å²) in [5, 5.41) is 10.3. The van der Waals surface area contributed by atoms with Crippen molar-refractivity contribution < 1.29 is 32.4 Å². The molecule has 0 bridgehead atoms. The highest BCUT2D eigenvalue weighted by Gasteiger charge is 2.37. The Morgan fingerprint density at radius 3 is 2.78 bits per heavy atom. The smallest absolute Gasteiger partial charge is 0.526 e. The predicted octanol–water partition coefficient (Wildman–Crippen LogP) is 1.82. The van der Waals surface area contributed by atoms with Gasteiger partial charge in [0.2, 0.25) is 0 Å². The Balaban J connectivity index is 2.07. The first kappa shape index (κ1) is 21.4. The lowest BCUT2D eigenvalue weighted by Gasteiger charge is -2.28. The first-order chi connectivity index (χ1) is 12.7. The number of Topliss-reactive ketones (excluding diaryl/α,β-unsaturated/α-hetero) is 1. The minimum absolute atomic E-state index is 0.0873. The van der Waals surface area contributed by atoms with Gasteiger partial charge in [-0.25, -0.2) is 13.2 Å². The van der Waals surface area contributed by atoms with Crippen molar-refractivity contribution in [3.8, 4) is 5.75 Å². The van der Waals surface area contributed by atoms with Gasteiger partial charge in [0.1, 0.15) is 23.7 Å². The predicted molar refractivity (Wildman–Crippen MR) is 102 cm³/mol. The van der Waals surface area contributed by atoms with E-state index in [1.807, 2.05) is 6.92 Å². The first-order valence-electron chi connectivity index (χ1n) is 9.04. The van der Waals surface area contributed by atoms with Crippen molar-refractivity contribution in [2.24, 2.45) is 0 Å². The number of rotatable bonds is 9. The Bertz CT molecular complexity index is 791. The molecule has 0 fully saturated rings. The molecule has 1 aromatic rings. The van der Waals surface area contributed by atoms with Gasteiger partial charge >= 0.3 is 13.1 Å². The highest BCUT2D eigenvalue weighted by molar-refractivity contribution is 7.90. The average Bonchev–Trinajstić information content (AvgIpc) is 2.59. The van der Waals surface area contributed by atoms with E-state index in [9.17, 15) is 23.0 Å². The standard InChI is InChI=1S/C18H25BO7S/c1-3-4-7-15(20)12-14-11-13-6-5-8-16(17(13)26-19(14)22)18(21)25-9-10-27(2,23)24/h5-6,8,14,22H,3-4,7,9-12H2,1-2H3/t14-/m1/s1. The number of carbonyl (C=O) groups is 2. The van der Waals surface area contributed by atoms with Crippen LogP contribution in [0.4, 0.5) is 0 Å². The lowest BCUT2D eigenvalue weighted by Crippen LogP contribution is -2.36. The monoisotopic (exact) mass is 396 g/mol. The summed E-state index contributed by atoms with van der Waals surface area (Å²) < 4.78 is 32.8.